The van der Waals surface area contributed by atoms with Crippen LogP contribution in [-0.4, -0.2) is 170 Å². The lowest BCUT2D eigenvalue weighted by Gasteiger charge is -2.37. The smallest absolute Gasteiger partial charge is 0.260 e. The van der Waals surface area contributed by atoms with Gasteiger partial charge in [-0.3, -0.25) is 63.0 Å². The summed E-state index contributed by atoms with van der Waals surface area (Å²) < 4.78 is 0. The van der Waals surface area contributed by atoms with Crippen LogP contribution in [0.4, 0.5) is 0 Å². The van der Waals surface area contributed by atoms with Crippen LogP contribution in [0.3, 0.4) is 0 Å². The lowest BCUT2D eigenvalue weighted by atomic mass is 9.98. The number of amides is 10. The van der Waals surface area contributed by atoms with Crippen LogP contribution in [0.2, 0.25) is 0 Å². The third kappa shape index (κ3) is 18.5. The van der Waals surface area contributed by atoms with Gasteiger partial charge in [0.25, 0.3) is 17.7 Å². The van der Waals surface area contributed by atoms with E-state index in [0.29, 0.717) is 24.0 Å². The molecule has 3 fully saturated rings. The number of carbonyl (C=O) groups excluding carboxylic acids is 10. The first kappa shape index (κ1) is 68.7. The third-order valence-corrected chi connectivity index (χ3v) is 16.0. The molecule has 2 aromatic carbocycles. The summed E-state index contributed by atoms with van der Waals surface area (Å²) in [5.74, 6) is 11.0. The maximum absolute atomic E-state index is 15.1. The van der Waals surface area contributed by atoms with Crippen molar-refractivity contribution in [1.82, 2.24) is 51.4 Å². The third-order valence-electron chi connectivity index (χ3n) is 16.0. The Morgan fingerprint density at radius 2 is 0.824 bits per heavy atom. The van der Waals surface area contributed by atoms with Crippen molar-refractivity contribution in [2.24, 2.45) is 52.7 Å². The molecule has 3 heterocycles. The Hall–Kier alpha value is -7.06. The van der Waals surface area contributed by atoms with Gasteiger partial charge in [0.2, 0.25) is 41.4 Å². The normalized spacial score (nSPS) is 26.4. The number of nitrogens with one attached hydrogen (secondary N) is 5. The van der Waals surface area contributed by atoms with Crippen LogP contribution < -0.4 is 55.6 Å². The van der Waals surface area contributed by atoms with Crippen molar-refractivity contribution < 1.29 is 47.9 Å². The Balaban J connectivity index is 1.64. The zero-order valence-electron chi connectivity index (χ0n) is 50.9. The minimum absolute atomic E-state index is 0.0247. The van der Waals surface area contributed by atoms with E-state index < -0.39 is 131 Å². The van der Waals surface area contributed by atoms with Crippen LogP contribution in [0.25, 0.3) is 0 Å². The molecule has 10 atom stereocenters. The van der Waals surface area contributed by atoms with Crippen LogP contribution in [0.15, 0.2) is 60.7 Å². The van der Waals surface area contributed by atoms with E-state index >= 15 is 9.59 Å². The topological polar surface area (TPSA) is 377 Å². The van der Waals surface area contributed by atoms with Gasteiger partial charge in [0.15, 0.2) is 0 Å². The fourth-order valence-corrected chi connectivity index (χ4v) is 11.3. The predicted octanol–water partition coefficient (Wildman–Crippen LogP) is -0.0139. The maximum atomic E-state index is 15.1. The van der Waals surface area contributed by atoms with Gasteiger partial charge in [-0.15, -0.1) is 0 Å². The molecule has 0 aromatic heterocycles. The van der Waals surface area contributed by atoms with E-state index in [1.807, 2.05) is 27.7 Å². The van der Waals surface area contributed by atoms with E-state index in [-0.39, 0.29) is 102 Å². The zero-order chi connectivity index (χ0) is 62.8. The van der Waals surface area contributed by atoms with Crippen molar-refractivity contribution in [2.75, 3.05) is 26.2 Å². The first-order chi connectivity index (χ1) is 40.3. The predicted molar refractivity (Wildman–Crippen MR) is 319 cm³/mol. The summed E-state index contributed by atoms with van der Waals surface area (Å²) in [4.78, 5) is 150. The lowest BCUT2D eigenvalue weighted by molar-refractivity contribution is -0.152. The fourth-order valence-electron chi connectivity index (χ4n) is 11.3. The molecule has 85 heavy (non-hydrogen) atoms. The van der Waals surface area contributed by atoms with E-state index in [1.54, 1.807) is 88.4 Å². The van der Waals surface area contributed by atoms with Crippen LogP contribution in [-0.2, 0) is 60.8 Å². The van der Waals surface area contributed by atoms with Gasteiger partial charge in [0.1, 0.15) is 60.4 Å². The Morgan fingerprint density at radius 1 is 0.435 bits per heavy atom. The second-order valence-corrected chi connectivity index (χ2v) is 24.3. The summed E-state index contributed by atoms with van der Waals surface area (Å²) in [5, 5.41) is 16.3. The summed E-state index contributed by atoms with van der Waals surface area (Å²) in [5.41, 5.74) is 13.1. The Labute approximate surface area is 500 Å². The van der Waals surface area contributed by atoms with Gasteiger partial charge in [-0.2, -0.15) is 0 Å². The second kappa shape index (κ2) is 32.4. The van der Waals surface area contributed by atoms with Gasteiger partial charge in [-0.1, -0.05) is 116 Å². The molecule has 15 N–H and O–H groups in total. The number of hydrazine groups is 3. The van der Waals surface area contributed by atoms with E-state index in [2.05, 4.69) is 26.6 Å². The first-order valence-corrected chi connectivity index (χ1v) is 30.2. The average Bonchev–Trinajstić information content (AvgIpc) is 4.37. The van der Waals surface area contributed by atoms with Crippen molar-refractivity contribution in [1.29, 1.82) is 0 Å². The van der Waals surface area contributed by atoms with Crippen LogP contribution in [0.5, 0.6) is 0 Å². The van der Waals surface area contributed by atoms with Crippen molar-refractivity contribution in [2.45, 2.75) is 193 Å². The molecule has 3 saturated heterocycles. The molecule has 2 aromatic rings. The molecule has 0 unspecified atom stereocenters. The van der Waals surface area contributed by atoms with Crippen LogP contribution in [0, 0.1) is 23.7 Å². The monoisotopic (exact) mass is 1190 g/mol. The van der Waals surface area contributed by atoms with Crippen LogP contribution >= 0.6 is 0 Å². The molecule has 0 bridgehead atoms. The van der Waals surface area contributed by atoms with E-state index in [1.165, 1.54) is 9.80 Å². The second-order valence-electron chi connectivity index (χ2n) is 24.3. The van der Waals surface area contributed by atoms with Gasteiger partial charge in [-0.05, 0) is 112 Å². The summed E-state index contributed by atoms with van der Waals surface area (Å²) >= 11 is 0. The number of rotatable bonds is 16. The van der Waals surface area contributed by atoms with E-state index in [0.717, 1.165) is 15.0 Å². The molecule has 25 heteroatoms. The molecule has 3 aliphatic heterocycles. The van der Waals surface area contributed by atoms with Crippen molar-refractivity contribution >= 4 is 59.1 Å². The largest absolute Gasteiger partial charge is 0.343 e. The summed E-state index contributed by atoms with van der Waals surface area (Å²) in [6.45, 7) is 14.4. The summed E-state index contributed by atoms with van der Waals surface area (Å²) in [7, 11) is 0. The SMILES string of the molecule is CC(C)C[C@@H]1NC(=O)[C@H](CCCN)NC(=O)[C@H](C(C)C)NC(=O)[C@@H]2CCCN2C(=O)[C@@H](Cc2ccccc2)N(N)C(=O)[C@H](CC(C)C)NC(=O)[C@H](CCCN)N(N)C(=O)[C@H](C(C)C)NC(=O)[C@@H]2CCCN2C(=O)[C@@H](Cc2ccccc2)N(N)C1=O. The summed E-state index contributed by atoms with van der Waals surface area (Å²) in [6.07, 6.45) is 1.42. The highest BCUT2D eigenvalue weighted by atomic mass is 16.2. The first-order valence-electron chi connectivity index (χ1n) is 30.2. The van der Waals surface area contributed by atoms with Gasteiger partial charge in [0, 0.05) is 25.9 Å². The standard InChI is InChI=1S/C60H95N15O10/c1-35(2)31-42-56(81)74(64)47(33-39-19-11-9-12-20-39)59(84)72-30-18-26-45(72)53(78)70-50(38(7)8)60(85)73(63)46(24-16-28-62)54(79)68-43(32-36(3)4)57(82)75(65)48(34-40-21-13-10-14-22-40)58(83)71-29-17-25-44(71)52(77)69-49(37(5)6)55(80)66-41(23-15-27-61)51(76)67-42/h9-14,19-22,35-38,41-50H,15-18,23-34,61-65H2,1-8H3,(H,66,80)(H,67,76)(H,68,79)(H,69,77)(H,70,78)/t41-,42-,43-,44-,45-,46-,47+,48+,49-,50-/m0/s1. The molecule has 25 nitrogen and oxygen atoms in total. The Bertz CT molecular complexity index is 2610. The average molecular weight is 1190 g/mol. The number of nitrogens with two attached hydrogens (primary N) is 5. The summed E-state index contributed by atoms with van der Waals surface area (Å²) in [6, 6.07) is 4.49. The quantitative estimate of drug-likeness (QED) is 0.0781. The molecule has 3 aliphatic rings. The van der Waals surface area contributed by atoms with E-state index in [9.17, 15) is 38.4 Å². The highest BCUT2D eigenvalue weighted by Crippen LogP contribution is 2.26. The molecule has 470 valence electrons. The van der Waals surface area contributed by atoms with Gasteiger partial charge in [0.05, 0.1) is 0 Å². The fraction of sp³-hybridized carbons (Fsp3) is 0.633. The zero-order valence-corrected chi connectivity index (χ0v) is 50.9. The highest BCUT2D eigenvalue weighted by Gasteiger charge is 2.46. The molecule has 0 spiro atoms. The molecule has 5 rings (SSSR count). The Morgan fingerprint density at radius 3 is 1.24 bits per heavy atom. The van der Waals surface area contributed by atoms with Crippen LogP contribution in [0.1, 0.15) is 131 Å². The highest BCUT2D eigenvalue weighted by molar-refractivity contribution is 6.00. The molecular weight excluding hydrogens is 1090 g/mol. The minimum Gasteiger partial charge on any atom is -0.343 e. The molecule has 0 saturated carbocycles. The van der Waals surface area contributed by atoms with Gasteiger partial charge in [-0.25, -0.2) is 17.5 Å². The maximum Gasteiger partial charge on any atom is 0.260 e. The minimum atomic E-state index is -1.44. The number of fused-ring (bicyclic) bond motifs is 2. The van der Waals surface area contributed by atoms with Gasteiger partial charge < -0.3 is 47.9 Å². The number of carbonyl (C=O) groups is 10. The lowest BCUT2D eigenvalue weighted by Crippen LogP contribution is -2.65. The molecule has 0 aliphatic carbocycles. The molecule has 0 radical (unpaired) electrons. The molecular formula is C60H95N15O10. The number of benzene rings is 2. The molecule has 10 amide bonds. The number of hydrogen-bond acceptors (Lipinski definition) is 15. The van der Waals surface area contributed by atoms with Gasteiger partial charge >= 0.3 is 0 Å². The van der Waals surface area contributed by atoms with Crippen molar-refractivity contribution in [3.05, 3.63) is 71.8 Å². The van der Waals surface area contributed by atoms with E-state index in [4.69, 9.17) is 29.0 Å². The van der Waals surface area contributed by atoms with Crippen molar-refractivity contribution in [3.63, 3.8) is 0 Å². The number of hydrogen-bond donors (Lipinski definition) is 10. The number of nitrogens with zero attached hydrogens (tertiary/aromatic N) is 5. The van der Waals surface area contributed by atoms with Crippen molar-refractivity contribution in [3.8, 4) is 0 Å². The Kier molecular flexibility index (Phi) is 26.2.